The van der Waals surface area contributed by atoms with Gasteiger partial charge < -0.3 is 10.4 Å². The predicted molar refractivity (Wildman–Crippen MR) is 83.4 cm³/mol. The van der Waals surface area contributed by atoms with Gasteiger partial charge in [-0.25, -0.2) is 0 Å². The van der Waals surface area contributed by atoms with Crippen molar-refractivity contribution in [2.45, 2.75) is 38.7 Å². The first kappa shape index (κ1) is 15.5. The van der Waals surface area contributed by atoms with Crippen molar-refractivity contribution in [2.24, 2.45) is 11.8 Å². The third-order valence-corrected chi connectivity index (χ3v) is 4.59. The molecule has 2 rings (SSSR count). The minimum atomic E-state index is -0.239. The van der Waals surface area contributed by atoms with E-state index >= 15 is 0 Å². The molecule has 0 aliphatic heterocycles. The molecule has 0 saturated heterocycles. The molecular formula is C16H22BrNO2. The number of carbonyl (C=O) groups excluding carboxylic acids is 1. The monoisotopic (exact) mass is 339 g/mol. The van der Waals surface area contributed by atoms with Crippen LogP contribution in [0.25, 0.3) is 0 Å². The zero-order chi connectivity index (χ0) is 14.5. The fraction of sp³-hybridized carbons (Fsp3) is 0.562. The highest BCUT2D eigenvalue weighted by molar-refractivity contribution is 9.10. The normalized spacial score (nSPS) is 23.6. The van der Waals surface area contributed by atoms with Gasteiger partial charge >= 0.3 is 0 Å². The average Bonchev–Trinajstić information content (AvgIpc) is 2.84. The molecule has 0 bridgehead atoms. The molecule has 2 N–H and O–H groups in total. The van der Waals surface area contributed by atoms with Crippen molar-refractivity contribution >= 4 is 21.8 Å². The Hall–Kier alpha value is -0.870. The van der Waals surface area contributed by atoms with Gasteiger partial charge in [0.25, 0.3) is 0 Å². The summed E-state index contributed by atoms with van der Waals surface area (Å²) in [5.74, 6) is 0.264. The van der Waals surface area contributed by atoms with Crippen LogP contribution in [0.5, 0.6) is 0 Å². The lowest BCUT2D eigenvalue weighted by Gasteiger charge is -2.17. The summed E-state index contributed by atoms with van der Waals surface area (Å²) in [6.07, 6.45) is 3.46. The first-order valence-electron chi connectivity index (χ1n) is 7.26. The Labute approximate surface area is 128 Å². The van der Waals surface area contributed by atoms with E-state index in [1.807, 2.05) is 31.2 Å². The lowest BCUT2D eigenvalue weighted by Crippen LogP contribution is -2.36. The van der Waals surface area contributed by atoms with Crippen molar-refractivity contribution in [1.82, 2.24) is 5.32 Å². The number of halogens is 1. The van der Waals surface area contributed by atoms with Crippen LogP contribution < -0.4 is 5.32 Å². The number of aliphatic hydroxyl groups is 1. The number of carbonyl (C=O) groups is 1. The topological polar surface area (TPSA) is 49.3 Å². The average molecular weight is 340 g/mol. The van der Waals surface area contributed by atoms with Gasteiger partial charge in [0.2, 0.25) is 5.91 Å². The fourth-order valence-corrected chi connectivity index (χ4v) is 2.99. The predicted octanol–water partition coefficient (Wildman–Crippen LogP) is 2.90. The minimum Gasteiger partial charge on any atom is -0.393 e. The maximum absolute atomic E-state index is 12.1. The van der Waals surface area contributed by atoms with Crippen LogP contribution in [0.2, 0.25) is 0 Å². The lowest BCUT2D eigenvalue weighted by molar-refractivity contribution is -0.124. The van der Waals surface area contributed by atoms with E-state index in [2.05, 4.69) is 21.2 Å². The maximum Gasteiger partial charge on any atom is 0.223 e. The summed E-state index contributed by atoms with van der Waals surface area (Å²) >= 11 is 3.41. The number of benzene rings is 1. The lowest BCUT2D eigenvalue weighted by atomic mass is 10.00. The van der Waals surface area contributed by atoms with Gasteiger partial charge in [-0.15, -0.1) is 0 Å². The SMILES string of the molecule is CC(Cc1ccc(Br)cc1)C(=O)NCC1CCCC1O. The second-order valence-electron chi connectivity index (χ2n) is 5.74. The molecule has 110 valence electrons. The molecule has 1 aliphatic rings. The Bertz CT molecular complexity index is 446. The highest BCUT2D eigenvalue weighted by Crippen LogP contribution is 2.24. The van der Waals surface area contributed by atoms with Crippen LogP contribution >= 0.6 is 15.9 Å². The molecule has 1 saturated carbocycles. The van der Waals surface area contributed by atoms with E-state index in [9.17, 15) is 9.90 Å². The van der Waals surface area contributed by atoms with Crippen LogP contribution in [0.1, 0.15) is 31.7 Å². The molecule has 1 amide bonds. The third kappa shape index (κ3) is 4.32. The molecule has 1 fully saturated rings. The third-order valence-electron chi connectivity index (χ3n) is 4.06. The summed E-state index contributed by atoms with van der Waals surface area (Å²) in [6, 6.07) is 8.06. The fourth-order valence-electron chi connectivity index (χ4n) is 2.73. The zero-order valence-electron chi connectivity index (χ0n) is 11.8. The molecule has 0 aromatic heterocycles. The highest BCUT2D eigenvalue weighted by Gasteiger charge is 2.26. The number of nitrogens with one attached hydrogen (secondary N) is 1. The molecule has 0 radical (unpaired) electrons. The first-order chi connectivity index (χ1) is 9.56. The van der Waals surface area contributed by atoms with E-state index in [0.717, 1.165) is 35.7 Å². The highest BCUT2D eigenvalue weighted by atomic mass is 79.9. The van der Waals surface area contributed by atoms with Crippen molar-refractivity contribution in [3.8, 4) is 0 Å². The van der Waals surface area contributed by atoms with Crippen LogP contribution in [0, 0.1) is 11.8 Å². The Kier molecular flexibility index (Phi) is 5.61. The standard InChI is InChI=1S/C16H22BrNO2/c1-11(9-12-5-7-14(17)8-6-12)16(20)18-10-13-3-2-4-15(13)19/h5-8,11,13,15,19H,2-4,9-10H2,1H3,(H,18,20). The van der Waals surface area contributed by atoms with Gasteiger partial charge in [-0.2, -0.15) is 0 Å². The van der Waals surface area contributed by atoms with Crippen LogP contribution in [0.15, 0.2) is 28.7 Å². The van der Waals surface area contributed by atoms with E-state index < -0.39 is 0 Å². The summed E-state index contributed by atoms with van der Waals surface area (Å²) in [5, 5.41) is 12.7. The summed E-state index contributed by atoms with van der Waals surface area (Å²) in [7, 11) is 0. The van der Waals surface area contributed by atoms with E-state index in [0.29, 0.717) is 6.54 Å². The van der Waals surface area contributed by atoms with Crippen LogP contribution in [0.3, 0.4) is 0 Å². The summed E-state index contributed by atoms with van der Waals surface area (Å²) in [6.45, 7) is 2.55. The largest absolute Gasteiger partial charge is 0.393 e. The van der Waals surface area contributed by atoms with Crippen LogP contribution in [0.4, 0.5) is 0 Å². The van der Waals surface area contributed by atoms with Gasteiger partial charge in [-0.1, -0.05) is 41.4 Å². The van der Waals surface area contributed by atoms with Crippen molar-refractivity contribution in [2.75, 3.05) is 6.54 Å². The molecule has 3 unspecified atom stereocenters. The molecule has 0 heterocycles. The quantitative estimate of drug-likeness (QED) is 0.866. The van der Waals surface area contributed by atoms with Gasteiger partial charge in [0.05, 0.1) is 6.10 Å². The van der Waals surface area contributed by atoms with Crippen molar-refractivity contribution in [3.05, 3.63) is 34.3 Å². The maximum atomic E-state index is 12.1. The van der Waals surface area contributed by atoms with Gasteiger partial charge in [-0.3, -0.25) is 4.79 Å². The Balaban J connectivity index is 1.78. The molecule has 0 spiro atoms. The molecule has 4 heteroatoms. The van der Waals surface area contributed by atoms with Gasteiger partial charge in [-0.05, 0) is 37.0 Å². The summed E-state index contributed by atoms with van der Waals surface area (Å²) < 4.78 is 1.05. The first-order valence-corrected chi connectivity index (χ1v) is 8.06. The zero-order valence-corrected chi connectivity index (χ0v) is 13.4. The van der Waals surface area contributed by atoms with E-state index in [1.165, 1.54) is 0 Å². The number of aliphatic hydroxyl groups excluding tert-OH is 1. The van der Waals surface area contributed by atoms with Crippen molar-refractivity contribution < 1.29 is 9.90 Å². The van der Waals surface area contributed by atoms with E-state index in [-0.39, 0.29) is 23.8 Å². The molecule has 3 nitrogen and oxygen atoms in total. The Morgan fingerprint density at radius 3 is 2.70 bits per heavy atom. The molecule has 1 aliphatic carbocycles. The Morgan fingerprint density at radius 1 is 1.40 bits per heavy atom. The number of hydrogen-bond donors (Lipinski definition) is 2. The van der Waals surface area contributed by atoms with E-state index in [1.54, 1.807) is 0 Å². The van der Waals surface area contributed by atoms with Gasteiger partial charge in [0, 0.05) is 22.9 Å². The van der Waals surface area contributed by atoms with E-state index in [4.69, 9.17) is 0 Å². The molecule has 1 aromatic carbocycles. The molecule has 1 aromatic rings. The van der Waals surface area contributed by atoms with Crippen molar-refractivity contribution in [1.29, 1.82) is 0 Å². The Morgan fingerprint density at radius 2 is 2.10 bits per heavy atom. The smallest absolute Gasteiger partial charge is 0.223 e. The minimum absolute atomic E-state index is 0.0466. The van der Waals surface area contributed by atoms with Gasteiger partial charge in [0.1, 0.15) is 0 Å². The summed E-state index contributed by atoms with van der Waals surface area (Å²) in [4.78, 5) is 12.1. The molecule has 3 atom stereocenters. The van der Waals surface area contributed by atoms with Crippen molar-refractivity contribution in [3.63, 3.8) is 0 Å². The second-order valence-corrected chi connectivity index (χ2v) is 6.65. The number of rotatable bonds is 5. The second kappa shape index (κ2) is 7.23. The van der Waals surface area contributed by atoms with Crippen LogP contribution in [-0.4, -0.2) is 23.7 Å². The van der Waals surface area contributed by atoms with Crippen LogP contribution in [-0.2, 0) is 11.2 Å². The van der Waals surface area contributed by atoms with Gasteiger partial charge in [0.15, 0.2) is 0 Å². The molecule has 20 heavy (non-hydrogen) atoms. The number of hydrogen-bond acceptors (Lipinski definition) is 2. The summed E-state index contributed by atoms with van der Waals surface area (Å²) in [5.41, 5.74) is 1.16. The number of amides is 1. The molecular weight excluding hydrogens is 318 g/mol.